The van der Waals surface area contributed by atoms with Crippen molar-refractivity contribution in [1.82, 2.24) is 4.90 Å². The normalized spacial score (nSPS) is 29.5. The lowest BCUT2D eigenvalue weighted by atomic mass is 9.73. The summed E-state index contributed by atoms with van der Waals surface area (Å²) < 4.78 is 6.15. The Morgan fingerprint density at radius 2 is 2.28 bits per heavy atom. The maximum Gasteiger partial charge on any atom is 0.224 e. The highest BCUT2D eigenvalue weighted by Crippen LogP contribution is 2.42. The summed E-state index contributed by atoms with van der Waals surface area (Å²) in [4.78, 5) is 2.38. The summed E-state index contributed by atoms with van der Waals surface area (Å²) in [6.07, 6.45) is 5.06. The van der Waals surface area contributed by atoms with Gasteiger partial charge in [0.05, 0.1) is 18.6 Å². The Morgan fingerprint density at radius 1 is 1.44 bits per heavy atom. The predicted octanol–water partition coefficient (Wildman–Crippen LogP) is 2.41. The van der Waals surface area contributed by atoms with E-state index in [4.69, 9.17) is 4.74 Å². The standard InChI is InChI=1S/C20H24N2O3/c1-3-13-12-21-8-6-14(13)10-19(21)20(23)16-7-9-22(24)18-5-4-15(25-2)11-17(16)18/h3-5,7,9,11,13-14,19-20,23H,1,6,8,10,12H2,2H3/t13-,14-,19+,20-/m0/s1. The van der Waals surface area contributed by atoms with E-state index >= 15 is 0 Å². The number of piperidine rings is 3. The van der Waals surface area contributed by atoms with Crippen molar-refractivity contribution < 1.29 is 14.6 Å². The molecule has 1 aromatic heterocycles. The fourth-order valence-electron chi connectivity index (χ4n) is 4.55. The van der Waals surface area contributed by atoms with Crippen LogP contribution < -0.4 is 9.47 Å². The van der Waals surface area contributed by atoms with Gasteiger partial charge in [0.2, 0.25) is 5.52 Å². The van der Waals surface area contributed by atoms with Gasteiger partial charge in [-0.1, -0.05) is 6.08 Å². The van der Waals surface area contributed by atoms with Crippen LogP contribution in [0.4, 0.5) is 0 Å². The van der Waals surface area contributed by atoms with Gasteiger partial charge in [-0.3, -0.25) is 4.90 Å². The van der Waals surface area contributed by atoms with Crippen molar-refractivity contribution in [1.29, 1.82) is 0 Å². The lowest BCUT2D eigenvalue weighted by Gasteiger charge is -2.50. The van der Waals surface area contributed by atoms with E-state index in [2.05, 4.69) is 17.6 Å². The summed E-state index contributed by atoms with van der Waals surface area (Å²) in [6.45, 7) is 5.94. The SMILES string of the molecule is C=C[C@H]1CN2CC[C@H]1C[C@@H]2[C@@H](O)c1cc[n+]([O-])c2ccc(OC)cc12. The average molecular weight is 340 g/mol. The second-order valence-corrected chi connectivity index (χ2v) is 7.17. The number of pyridine rings is 1. The maximum atomic E-state index is 12.1. The van der Waals surface area contributed by atoms with Gasteiger partial charge in [0, 0.05) is 30.3 Å². The zero-order valence-corrected chi connectivity index (χ0v) is 14.5. The summed E-state index contributed by atoms with van der Waals surface area (Å²) >= 11 is 0. The van der Waals surface area contributed by atoms with Crippen LogP contribution in [0.25, 0.3) is 10.9 Å². The Morgan fingerprint density at radius 3 is 2.96 bits per heavy atom. The highest BCUT2D eigenvalue weighted by atomic mass is 16.5. The molecule has 0 saturated carbocycles. The number of benzene rings is 1. The van der Waals surface area contributed by atoms with Crippen molar-refractivity contribution in [2.75, 3.05) is 20.2 Å². The topological polar surface area (TPSA) is 59.6 Å². The summed E-state index contributed by atoms with van der Waals surface area (Å²) in [5.41, 5.74) is 1.35. The van der Waals surface area contributed by atoms with Crippen LogP contribution in [0.3, 0.4) is 0 Å². The largest absolute Gasteiger partial charge is 0.618 e. The Bertz CT molecular complexity index is 807. The van der Waals surface area contributed by atoms with E-state index in [1.807, 2.05) is 6.07 Å². The number of aromatic nitrogens is 1. The summed E-state index contributed by atoms with van der Waals surface area (Å²) in [5, 5.41) is 24.0. The number of ether oxygens (including phenoxy) is 1. The van der Waals surface area contributed by atoms with Crippen LogP contribution >= 0.6 is 0 Å². The molecule has 5 rings (SSSR count). The molecule has 5 nitrogen and oxygen atoms in total. The number of rotatable bonds is 4. The fourth-order valence-corrected chi connectivity index (χ4v) is 4.55. The minimum Gasteiger partial charge on any atom is -0.618 e. The fraction of sp³-hybridized carbons (Fsp3) is 0.450. The number of methoxy groups -OCH3 is 1. The van der Waals surface area contributed by atoms with E-state index in [0.29, 0.717) is 23.1 Å². The molecule has 0 spiro atoms. The molecule has 5 heteroatoms. The molecule has 0 radical (unpaired) electrons. The van der Waals surface area contributed by atoms with Crippen molar-refractivity contribution in [2.45, 2.75) is 25.0 Å². The molecule has 3 aliphatic rings. The summed E-state index contributed by atoms with van der Waals surface area (Å²) in [5.74, 6) is 1.80. The number of hydrogen-bond acceptors (Lipinski definition) is 4. The molecule has 1 aromatic carbocycles. The molecule has 1 unspecified atom stereocenters. The minimum absolute atomic E-state index is 0.0897. The molecule has 2 bridgehead atoms. The van der Waals surface area contributed by atoms with Crippen molar-refractivity contribution in [3.8, 4) is 5.75 Å². The van der Waals surface area contributed by atoms with E-state index in [-0.39, 0.29) is 6.04 Å². The first kappa shape index (κ1) is 16.4. The van der Waals surface area contributed by atoms with Crippen LogP contribution in [0.15, 0.2) is 43.1 Å². The van der Waals surface area contributed by atoms with Gasteiger partial charge in [-0.2, -0.15) is 4.73 Å². The zero-order chi connectivity index (χ0) is 17.6. The second-order valence-electron chi connectivity index (χ2n) is 7.17. The molecule has 1 N–H and O–H groups in total. The van der Waals surface area contributed by atoms with Crippen LogP contribution in [0.2, 0.25) is 0 Å². The first-order chi connectivity index (χ1) is 12.1. The number of hydrogen-bond donors (Lipinski definition) is 1. The molecule has 132 valence electrons. The third kappa shape index (κ3) is 2.68. The van der Waals surface area contributed by atoms with Crippen LogP contribution in [-0.2, 0) is 0 Å². The smallest absolute Gasteiger partial charge is 0.224 e. The molecule has 3 aliphatic heterocycles. The van der Waals surface area contributed by atoms with Gasteiger partial charge in [0.25, 0.3) is 0 Å². The zero-order valence-electron chi connectivity index (χ0n) is 14.5. The maximum absolute atomic E-state index is 12.1. The van der Waals surface area contributed by atoms with Crippen LogP contribution in [-0.4, -0.2) is 36.2 Å². The first-order valence-corrected chi connectivity index (χ1v) is 8.87. The van der Waals surface area contributed by atoms with Crippen LogP contribution in [0, 0.1) is 17.0 Å². The van der Waals surface area contributed by atoms with Gasteiger partial charge < -0.3 is 15.1 Å². The number of fused-ring (bicyclic) bond motifs is 4. The Hall–Kier alpha value is -2.11. The van der Waals surface area contributed by atoms with E-state index in [1.165, 1.54) is 12.6 Å². The number of aliphatic hydroxyl groups is 1. The molecule has 3 fully saturated rings. The number of nitrogens with zero attached hydrogens (tertiary/aromatic N) is 2. The second kappa shape index (κ2) is 6.32. The van der Waals surface area contributed by atoms with Crippen LogP contribution in [0.1, 0.15) is 24.5 Å². The Kier molecular flexibility index (Phi) is 4.13. The predicted molar refractivity (Wildman–Crippen MR) is 96.2 cm³/mol. The summed E-state index contributed by atoms with van der Waals surface area (Å²) in [7, 11) is 1.60. The molecule has 5 atom stereocenters. The van der Waals surface area contributed by atoms with E-state index in [9.17, 15) is 10.3 Å². The molecule has 4 heterocycles. The highest BCUT2D eigenvalue weighted by molar-refractivity contribution is 5.81. The highest BCUT2D eigenvalue weighted by Gasteiger charge is 2.42. The lowest BCUT2D eigenvalue weighted by Crippen LogP contribution is -2.54. The molecule has 3 saturated heterocycles. The van der Waals surface area contributed by atoms with Crippen molar-refractivity contribution in [2.24, 2.45) is 11.8 Å². The molecule has 25 heavy (non-hydrogen) atoms. The van der Waals surface area contributed by atoms with Gasteiger partial charge in [-0.05, 0) is 43.4 Å². The minimum atomic E-state index is -0.621. The van der Waals surface area contributed by atoms with Gasteiger partial charge in [0.15, 0.2) is 6.20 Å². The third-order valence-corrected chi connectivity index (χ3v) is 5.98. The van der Waals surface area contributed by atoms with E-state index in [1.54, 1.807) is 25.3 Å². The van der Waals surface area contributed by atoms with Gasteiger partial charge >= 0.3 is 0 Å². The molecule has 0 amide bonds. The lowest BCUT2D eigenvalue weighted by molar-refractivity contribution is -0.577. The Labute approximate surface area is 147 Å². The third-order valence-electron chi connectivity index (χ3n) is 5.98. The molecule has 0 aliphatic carbocycles. The van der Waals surface area contributed by atoms with Gasteiger partial charge in [-0.25, -0.2) is 0 Å². The molecular formula is C20H24N2O3. The quantitative estimate of drug-likeness (QED) is 0.527. The molecular weight excluding hydrogens is 316 g/mol. The average Bonchev–Trinajstić information content (AvgIpc) is 2.67. The van der Waals surface area contributed by atoms with E-state index in [0.717, 1.165) is 35.2 Å². The van der Waals surface area contributed by atoms with Gasteiger partial charge in [-0.15, -0.1) is 6.58 Å². The van der Waals surface area contributed by atoms with Crippen molar-refractivity contribution in [3.05, 3.63) is 53.9 Å². The van der Waals surface area contributed by atoms with E-state index < -0.39 is 6.10 Å². The summed E-state index contributed by atoms with van der Waals surface area (Å²) in [6, 6.07) is 7.19. The first-order valence-electron chi connectivity index (χ1n) is 8.87. The Balaban J connectivity index is 1.72. The monoisotopic (exact) mass is 340 g/mol. The molecule has 2 aromatic rings. The van der Waals surface area contributed by atoms with Crippen molar-refractivity contribution in [3.63, 3.8) is 0 Å². The number of aliphatic hydroxyl groups excluding tert-OH is 1. The van der Waals surface area contributed by atoms with Gasteiger partial charge in [0.1, 0.15) is 5.75 Å². The van der Waals surface area contributed by atoms with Crippen LogP contribution in [0.5, 0.6) is 5.75 Å². The van der Waals surface area contributed by atoms with Crippen molar-refractivity contribution >= 4 is 10.9 Å².